The van der Waals surface area contributed by atoms with E-state index in [4.69, 9.17) is 0 Å². The van der Waals surface area contributed by atoms with Crippen LogP contribution in [0.25, 0.3) is 0 Å². The van der Waals surface area contributed by atoms with E-state index in [1.165, 1.54) is 6.07 Å². The van der Waals surface area contributed by atoms with Gasteiger partial charge in [0.2, 0.25) is 5.91 Å². The van der Waals surface area contributed by atoms with Gasteiger partial charge in [-0.2, -0.15) is 0 Å². The smallest absolute Gasteiger partial charge is 0.241 e. The molecule has 5 heteroatoms. The Labute approximate surface area is 140 Å². The van der Waals surface area contributed by atoms with Crippen LogP contribution >= 0.6 is 0 Å². The van der Waals surface area contributed by atoms with Gasteiger partial charge in [0.25, 0.3) is 0 Å². The van der Waals surface area contributed by atoms with Crippen LogP contribution < -0.4 is 4.90 Å². The topological polar surface area (TPSA) is 23.6 Å². The van der Waals surface area contributed by atoms with Crippen molar-refractivity contribution in [1.82, 2.24) is 4.90 Å². The van der Waals surface area contributed by atoms with Crippen LogP contribution in [0.3, 0.4) is 0 Å². The number of fused-ring (bicyclic) bond motifs is 1. The van der Waals surface area contributed by atoms with Crippen LogP contribution in [-0.4, -0.2) is 30.9 Å². The Morgan fingerprint density at radius 3 is 2.79 bits per heavy atom. The molecule has 0 saturated heterocycles. The molecule has 1 aliphatic rings. The highest BCUT2D eigenvalue weighted by Gasteiger charge is 2.26. The van der Waals surface area contributed by atoms with Crippen LogP contribution in [0.2, 0.25) is 0 Å². The van der Waals surface area contributed by atoms with Crippen LogP contribution in [0.5, 0.6) is 0 Å². The Morgan fingerprint density at radius 1 is 1.25 bits per heavy atom. The first-order chi connectivity index (χ1) is 11.5. The summed E-state index contributed by atoms with van der Waals surface area (Å²) in [6.45, 7) is 2.57. The second kappa shape index (κ2) is 6.69. The molecule has 1 aliphatic heterocycles. The first-order valence-electron chi connectivity index (χ1n) is 8.01. The van der Waals surface area contributed by atoms with Crippen LogP contribution in [0.1, 0.15) is 24.1 Å². The maximum absolute atomic E-state index is 13.9. The summed E-state index contributed by atoms with van der Waals surface area (Å²) in [7, 11) is 1.74. The van der Waals surface area contributed by atoms with E-state index in [0.717, 1.165) is 29.8 Å². The van der Waals surface area contributed by atoms with E-state index < -0.39 is 17.7 Å². The number of hydrogen-bond acceptors (Lipinski definition) is 2. The summed E-state index contributed by atoms with van der Waals surface area (Å²) in [6.07, 6.45) is 0.847. The molecule has 0 spiro atoms. The van der Waals surface area contributed by atoms with Crippen molar-refractivity contribution in [2.24, 2.45) is 0 Å². The molecule has 24 heavy (non-hydrogen) atoms. The molecule has 0 unspecified atom stereocenters. The van der Waals surface area contributed by atoms with Gasteiger partial charge < -0.3 is 4.90 Å². The average molecular weight is 330 g/mol. The predicted molar refractivity (Wildman–Crippen MR) is 89.9 cm³/mol. The van der Waals surface area contributed by atoms with E-state index in [1.54, 1.807) is 23.8 Å². The molecule has 3 rings (SSSR count). The Morgan fingerprint density at radius 2 is 2.00 bits per heavy atom. The summed E-state index contributed by atoms with van der Waals surface area (Å²) >= 11 is 0. The maximum atomic E-state index is 13.9. The first kappa shape index (κ1) is 16.6. The van der Waals surface area contributed by atoms with Crippen molar-refractivity contribution in [3.63, 3.8) is 0 Å². The zero-order valence-electron chi connectivity index (χ0n) is 13.8. The lowest BCUT2D eigenvalue weighted by Crippen LogP contribution is -2.39. The van der Waals surface area contributed by atoms with Crippen LogP contribution in [0, 0.1) is 11.6 Å². The third-order valence-corrected chi connectivity index (χ3v) is 4.64. The Bertz CT molecular complexity index is 763. The van der Waals surface area contributed by atoms with Crippen molar-refractivity contribution in [3.05, 3.63) is 65.2 Å². The Hall–Kier alpha value is -2.27. The lowest BCUT2D eigenvalue weighted by Gasteiger charge is -2.27. The van der Waals surface area contributed by atoms with Gasteiger partial charge in [-0.15, -0.1) is 0 Å². The van der Waals surface area contributed by atoms with E-state index in [0.29, 0.717) is 6.54 Å². The zero-order valence-corrected chi connectivity index (χ0v) is 13.8. The normalized spacial score (nSPS) is 14.8. The number of hydrogen-bond donors (Lipinski definition) is 0. The quantitative estimate of drug-likeness (QED) is 0.856. The number of benzene rings is 2. The molecule has 1 atom stereocenters. The standard InChI is InChI=1S/C19H20F2N2O/c1-13(16-11-15(20)7-8-17(16)21)22(2)12-19(24)23-10-9-14-5-3-4-6-18(14)23/h3-8,11,13H,9-10,12H2,1-2H3/t13-/m1/s1. The number of nitrogens with zero attached hydrogens (tertiary/aromatic N) is 2. The maximum Gasteiger partial charge on any atom is 0.241 e. The summed E-state index contributed by atoms with van der Waals surface area (Å²) in [5.74, 6) is -0.979. The Balaban J connectivity index is 1.72. The van der Waals surface area contributed by atoms with E-state index >= 15 is 0 Å². The largest absolute Gasteiger partial charge is 0.311 e. The number of likely N-dealkylation sites (N-methyl/N-ethyl adjacent to an activating group) is 1. The molecule has 3 nitrogen and oxygen atoms in total. The van der Waals surface area contributed by atoms with Gasteiger partial charge in [0.1, 0.15) is 11.6 Å². The van der Waals surface area contributed by atoms with Gasteiger partial charge in [-0.25, -0.2) is 8.78 Å². The molecule has 0 N–H and O–H groups in total. The number of rotatable bonds is 4. The van der Waals surface area contributed by atoms with Gasteiger partial charge in [0, 0.05) is 23.8 Å². The molecule has 0 radical (unpaired) electrons. The number of amides is 1. The number of para-hydroxylation sites is 1. The number of halogens is 2. The van der Waals surface area contributed by atoms with E-state index in [1.807, 2.05) is 24.3 Å². The van der Waals surface area contributed by atoms with Crippen molar-refractivity contribution in [1.29, 1.82) is 0 Å². The molecular formula is C19H20F2N2O. The van der Waals surface area contributed by atoms with Gasteiger partial charge in [-0.05, 0) is 50.2 Å². The fourth-order valence-corrected chi connectivity index (χ4v) is 3.11. The van der Waals surface area contributed by atoms with Crippen LogP contribution in [0.4, 0.5) is 14.5 Å². The second-order valence-electron chi connectivity index (χ2n) is 6.18. The van der Waals surface area contributed by atoms with Crippen LogP contribution in [0.15, 0.2) is 42.5 Å². The highest BCUT2D eigenvalue weighted by Crippen LogP contribution is 2.28. The SMILES string of the molecule is C[C@H](c1cc(F)ccc1F)N(C)CC(=O)N1CCc2ccccc21. The minimum atomic E-state index is -0.480. The van der Waals surface area contributed by atoms with Crippen LogP contribution in [-0.2, 0) is 11.2 Å². The molecule has 0 fully saturated rings. The average Bonchev–Trinajstić information content (AvgIpc) is 3.00. The highest BCUT2D eigenvalue weighted by molar-refractivity contribution is 5.96. The third-order valence-electron chi connectivity index (χ3n) is 4.64. The number of carbonyl (C=O) groups is 1. The van der Waals surface area contributed by atoms with Gasteiger partial charge in [-0.3, -0.25) is 9.69 Å². The van der Waals surface area contributed by atoms with Crippen molar-refractivity contribution >= 4 is 11.6 Å². The van der Waals surface area contributed by atoms with Gasteiger partial charge in [0.05, 0.1) is 6.54 Å². The lowest BCUT2D eigenvalue weighted by molar-refractivity contribution is -0.119. The minimum Gasteiger partial charge on any atom is -0.311 e. The molecule has 2 aromatic carbocycles. The molecule has 0 saturated carbocycles. The summed E-state index contributed by atoms with van der Waals surface area (Å²) in [4.78, 5) is 16.1. The molecule has 0 aromatic heterocycles. The fraction of sp³-hybridized carbons (Fsp3) is 0.316. The van der Waals surface area contributed by atoms with Crippen molar-refractivity contribution < 1.29 is 13.6 Å². The summed E-state index contributed by atoms with van der Waals surface area (Å²) in [5.41, 5.74) is 2.37. The van der Waals surface area contributed by atoms with Gasteiger partial charge in [0.15, 0.2) is 0 Å². The molecule has 0 bridgehead atoms. The third kappa shape index (κ3) is 3.17. The summed E-state index contributed by atoms with van der Waals surface area (Å²) < 4.78 is 27.3. The van der Waals surface area contributed by atoms with Crippen molar-refractivity contribution in [2.75, 3.05) is 25.0 Å². The van der Waals surface area contributed by atoms with E-state index in [2.05, 4.69) is 0 Å². The van der Waals surface area contributed by atoms with Gasteiger partial charge >= 0.3 is 0 Å². The minimum absolute atomic E-state index is 0.0360. The van der Waals surface area contributed by atoms with Gasteiger partial charge in [-0.1, -0.05) is 18.2 Å². The first-order valence-corrected chi connectivity index (χ1v) is 8.01. The molecule has 126 valence electrons. The lowest BCUT2D eigenvalue weighted by atomic mass is 10.1. The molecule has 1 amide bonds. The fourth-order valence-electron chi connectivity index (χ4n) is 3.11. The molecular weight excluding hydrogens is 310 g/mol. The predicted octanol–water partition coefficient (Wildman–Crippen LogP) is 3.55. The Kier molecular flexibility index (Phi) is 4.62. The van der Waals surface area contributed by atoms with Crippen molar-refractivity contribution in [3.8, 4) is 0 Å². The number of anilines is 1. The zero-order chi connectivity index (χ0) is 17.3. The highest BCUT2D eigenvalue weighted by atomic mass is 19.1. The summed E-state index contributed by atoms with van der Waals surface area (Å²) in [6, 6.07) is 10.8. The molecule has 1 heterocycles. The molecule has 2 aromatic rings. The number of carbonyl (C=O) groups excluding carboxylic acids is 1. The summed E-state index contributed by atoms with van der Waals surface area (Å²) in [5, 5.41) is 0. The van der Waals surface area contributed by atoms with E-state index in [9.17, 15) is 13.6 Å². The molecule has 0 aliphatic carbocycles. The van der Waals surface area contributed by atoms with Crippen molar-refractivity contribution in [2.45, 2.75) is 19.4 Å². The second-order valence-corrected chi connectivity index (χ2v) is 6.18. The van der Waals surface area contributed by atoms with E-state index in [-0.39, 0.29) is 18.0 Å². The monoisotopic (exact) mass is 330 g/mol.